The third kappa shape index (κ3) is 4.00. The van der Waals surface area contributed by atoms with E-state index in [1.54, 1.807) is 18.3 Å². The molecule has 0 spiro atoms. The fourth-order valence-corrected chi connectivity index (χ4v) is 1.57. The van der Waals surface area contributed by atoms with Crippen LogP contribution < -0.4 is 16.4 Å². The molecule has 1 amide bonds. The first-order valence-electron chi connectivity index (χ1n) is 6.14. The Morgan fingerprint density at radius 2 is 2.17 bits per heavy atom. The zero-order valence-electron chi connectivity index (χ0n) is 11.3. The number of nitrogens with zero attached hydrogens (tertiary/aromatic N) is 2. The maximum Gasteiger partial charge on any atom is 0.248 e. The molecule has 1 aromatic rings. The Labute approximate surface area is 108 Å². The third-order valence-corrected chi connectivity index (χ3v) is 3.08. The van der Waals surface area contributed by atoms with Gasteiger partial charge in [0, 0.05) is 31.4 Å². The summed E-state index contributed by atoms with van der Waals surface area (Å²) < 4.78 is 0. The Bertz CT molecular complexity index is 406. The Kier molecular flexibility index (Phi) is 5.09. The highest BCUT2D eigenvalue weighted by molar-refractivity contribution is 5.93. The van der Waals surface area contributed by atoms with Crippen molar-refractivity contribution in [2.75, 3.05) is 18.5 Å². The van der Waals surface area contributed by atoms with Gasteiger partial charge in [0.25, 0.3) is 0 Å². The summed E-state index contributed by atoms with van der Waals surface area (Å²) in [5, 5.41) is 0. The lowest BCUT2D eigenvalue weighted by atomic mass is 10.0. The van der Waals surface area contributed by atoms with E-state index in [0.717, 1.165) is 18.8 Å². The monoisotopic (exact) mass is 250 g/mol. The van der Waals surface area contributed by atoms with Crippen LogP contribution in [0.25, 0.3) is 0 Å². The summed E-state index contributed by atoms with van der Waals surface area (Å²) in [6.07, 6.45) is 2.48. The SMILES string of the molecule is CC(C)C(N)CCN(C)c1cc(C(N)=O)ccn1. The van der Waals surface area contributed by atoms with Crippen molar-refractivity contribution in [3.63, 3.8) is 0 Å². The summed E-state index contributed by atoms with van der Waals surface area (Å²) in [6, 6.07) is 3.48. The van der Waals surface area contributed by atoms with E-state index in [2.05, 4.69) is 18.8 Å². The van der Waals surface area contributed by atoms with Crippen LogP contribution in [0.15, 0.2) is 18.3 Å². The second-order valence-electron chi connectivity index (χ2n) is 4.89. The van der Waals surface area contributed by atoms with Gasteiger partial charge < -0.3 is 16.4 Å². The molecule has 0 aliphatic carbocycles. The van der Waals surface area contributed by atoms with Gasteiger partial charge in [-0.15, -0.1) is 0 Å². The zero-order chi connectivity index (χ0) is 13.7. The molecule has 0 fully saturated rings. The predicted octanol–water partition coefficient (Wildman–Crippen LogP) is 0.990. The molecular formula is C13H22N4O. The van der Waals surface area contributed by atoms with Gasteiger partial charge in [-0.05, 0) is 24.5 Å². The van der Waals surface area contributed by atoms with Crippen LogP contribution in [0.4, 0.5) is 5.82 Å². The molecular weight excluding hydrogens is 228 g/mol. The summed E-state index contributed by atoms with van der Waals surface area (Å²) in [5.41, 5.74) is 11.7. The number of hydrogen-bond acceptors (Lipinski definition) is 4. The molecule has 5 nitrogen and oxygen atoms in total. The highest BCUT2D eigenvalue weighted by atomic mass is 16.1. The first-order valence-corrected chi connectivity index (χ1v) is 6.14. The molecule has 4 N–H and O–H groups in total. The van der Waals surface area contributed by atoms with Gasteiger partial charge in [-0.3, -0.25) is 4.79 Å². The molecule has 1 aromatic heterocycles. The van der Waals surface area contributed by atoms with Gasteiger partial charge in [0.05, 0.1) is 0 Å². The van der Waals surface area contributed by atoms with Gasteiger partial charge in [-0.25, -0.2) is 4.98 Å². The number of pyridine rings is 1. The van der Waals surface area contributed by atoms with Crippen LogP contribution in [0.1, 0.15) is 30.6 Å². The van der Waals surface area contributed by atoms with E-state index >= 15 is 0 Å². The van der Waals surface area contributed by atoms with Crippen molar-refractivity contribution in [1.29, 1.82) is 0 Å². The first-order chi connectivity index (χ1) is 8.41. The molecule has 0 radical (unpaired) electrons. The van der Waals surface area contributed by atoms with Gasteiger partial charge in [0.15, 0.2) is 0 Å². The normalized spacial score (nSPS) is 12.5. The molecule has 1 unspecified atom stereocenters. The Morgan fingerprint density at radius 3 is 2.72 bits per heavy atom. The predicted molar refractivity (Wildman–Crippen MR) is 73.5 cm³/mol. The lowest BCUT2D eigenvalue weighted by molar-refractivity contribution is 0.1000. The second-order valence-corrected chi connectivity index (χ2v) is 4.89. The summed E-state index contributed by atoms with van der Waals surface area (Å²) in [6.45, 7) is 5.02. The fraction of sp³-hybridized carbons (Fsp3) is 0.538. The molecule has 0 saturated heterocycles. The van der Waals surface area contributed by atoms with Crippen molar-refractivity contribution in [3.05, 3.63) is 23.9 Å². The van der Waals surface area contributed by atoms with Crippen molar-refractivity contribution in [2.24, 2.45) is 17.4 Å². The van der Waals surface area contributed by atoms with Crippen molar-refractivity contribution in [2.45, 2.75) is 26.3 Å². The van der Waals surface area contributed by atoms with Crippen molar-refractivity contribution in [3.8, 4) is 0 Å². The quantitative estimate of drug-likeness (QED) is 0.788. The number of hydrogen-bond donors (Lipinski definition) is 2. The maximum atomic E-state index is 11.1. The molecule has 5 heteroatoms. The average molecular weight is 250 g/mol. The van der Waals surface area contributed by atoms with Crippen molar-refractivity contribution < 1.29 is 4.79 Å². The molecule has 0 bridgehead atoms. The highest BCUT2D eigenvalue weighted by Crippen LogP contribution is 2.12. The molecule has 1 atom stereocenters. The largest absolute Gasteiger partial charge is 0.366 e. The smallest absolute Gasteiger partial charge is 0.248 e. The molecule has 1 rings (SSSR count). The molecule has 1 heterocycles. The van der Waals surface area contributed by atoms with Crippen molar-refractivity contribution >= 4 is 11.7 Å². The van der Waals surface area contributed by atoms with E-state index in [-0.39, 0.29) is 6.04 Å². The number of rotatable bonds is 6. The summed E-state index contributed by atoms with van der Waals surface area (Å²) >= 11 is 0. The lowest BCUT2D eigenvalue weighted by Crippen LogP contribution is -2.32. The van der Waals surface area contributed by atoms with E-state index in [9.17, 15) is 4.79 Å². The van der Waals surface area contributed by atoms with E-state index in [1.807, 2.05) is 11.9 Å². The molecule has 18 heavy (non-hydrogen) atoms. The fourth-order valence-electron chi connectivity index (χ4n) is 1.57. The van der Waals surface area contributed by atoms with Crippen LogP contribution in [0, 0.1) is 5.92 Å². The van der Waals surface area contributed by atoms with E-state index in [1.165, 1.54) is 0 Å². The Morgan fingerprint density at radius 1 is 1.50 bits per heavy atom. The van der Waals surface area contributed by atoms with Gasteiger partial charge in [-0.2, -0.15) is 0 Å². The number of anilines is 1. The lowest BCUT2D eigenvalue weighted by Gasteiger charge is -2.22. The van der Waals surface area contributed by atoms with E-state index in [4.69, 9.17) is 11.5 Å². The number of aromatic nitrogens is 1. The second kappa shape index (κ2) is 6.35. The van der Waals surface area contributed by atoms with Crippen LogP contribution >= 0.6 is 0 Å². The Hall–Kier alpha value is -1.62. The maximum absolute atomic E-state index is 11.1. The molecule has 0 saturated carbocycles. The summed E-state index contributed by atoms with van der Waals surface area (Å²) in [4.78, 5) is 17.3. The van der Waals surface area contributed by atoms with Crippen LogP contribution in [0.5, 0.6) is 0 Å². The van der Waals surface area contributed by atoms with E-state index < -0.39 is 5.91 Å². The van der Waals surface area contributed by atoms with Crippen LogP contribution in [-0.4, -0.2) is 30.5 Å². The first kappa shape index (κ1) is 14.4. The minimum atomic E-state index is -0.439. The van der Waals surface area contributed by atoms with Gasteiger partial charge in [-0.1, -0.05) is 13.8 Å². The standard InChI is InChI=1S/C13H22N4O/c1-9(2)11(14)5-7-17(3)12-8-10(13(15)18)4-6-16-12/h4,6,8-9,11H,5,7,14H2,1-3H3,(H2,15,18). The van der Waals surface area contributed by atoms with Gasteiger partial charge >= 0.3 is 0 Å². The minimum Gasteiger partial charge on any atom is -0.366 e. The molecule has 100 valence electrons. The molecule has 0 aromatic carbocycles. The third-order valence-electron chi connectivity index (χ3n) is 3.08. The van der Waals surface area contributed by atoms with Crippen LogP contribution in [0.2, 0.25) is 0 Å². The summed E-state index contributed by atoms with van der Waals surface area (Å²) in [5.74, 6) is 0.761. The van der Waals surface area contributed by atoms with Crippen LogP contribution in [0.3, 0.4) is 0 Å². The number of carbonyl (C=O) groups is 1. The average Bonchev–Trinajstić information content (AvgIpc) is 2.35. The topological polar surface area (TPSA) is 85.2 Å². The highest BCUT2D eigenvalue weighted by Gasteiger charge is 2.11. The number of carbonyl (C=O) groups excluding carboxylic acids is 1. The molecule has 0 aliphatic heterocycles. The Balaban J connectivity index is 2.64. The van der Waals surface area contributed by atoms with E-state index in [0.29, 0.717) is 11.5 Å². The molecule has 0 aliphatic rings. The van der Waals surface area contributed by atoms with Crippen LogP contribution in [-0.2, 0) is 0 Å². The number of nitrogens with two attached hydrogens (primary N) is 2. The zero-order valence-corrected chi connectivity index (χ0v) is 11.3. The minimum absolute atomic E-state index is 0.173. The van der Waals surface area contributed by atoms with Crippen molar-refractivity contribution in [1.82, 2.24) is 4.98 Å². The number of primary amides is 1. The van der Waals surface area contributed by atoms with Gasteiger partial charge in [0.1, 0.15) is 5.82 Å². The summed E-state index contributed by atoms with van der Waals surface area (Å²) in [7, 11) is 1.93. The van der Waals surface area contributed by atoms with Gasteiger partial charge in [0.2, 0.25) is 5.91 Å². The number of amides is 1.